The predicted molar refractivity (Wildman–Crippen MR) is 123 cm³/mol. The molecule has 0 spiro atoms. The van der Waals surface area contributed by atoms with Crippen LogP contribution in [0.5, 0.6) is 0 Å². The van der Waals surface area contributed by atoms with Crippen molar-refractivity contribution in [2.45, 2.75) is 13.5 Å². The Bertz CT molecular complexity index is 1320. The Morgan fingerprint density at radius 3 is 2.12 bits per heavy atom. The molecule has 33 heavy (non-hydrogen) atoms. The molecule has 7 nitrogen and oxygen atoms in total. The molecule has 5 aromatic rings. The van der Waals surface area contributed by atoms with E-state index < -0.39 is 5.97 Å². The molecule has 0 saturated heterocycles. The first kappa shape index (κ1) is 20.4. The van der Waals surface area contributed by atoms with Gasteiger partial charge in [0.15, 0.2) is 5.82 Å². The number of carbonyl (C=O) groups is 1. The lowest BCUT2D eigenvalue weighted by Gasteiger charge is -2.05. The molecule has 162 valence electrons. The number of nitrogens with zero attached hydrogens (tertiary/aromatic N) is 4. The van der Waals surface area contributed by atoms with Gasteiger partial charge in [0.1, 0.15) is 18.1 Å². The first-order chi connectivity index (χ1) is 16.2. The Morgan fingerprint density at radius 2 is 1.45 bits per heavy atom. The fourth-order valence-corrected chi connectivity index (χ4v) is 3.39. The molecule has 3 aromatic carbocycles. The molecule has 0 radical (unpaired) electrons. The molecule has 0 saturated carbocycles. The SMILES string of the molecule is Cc1oc(-c2ccccc2)nc1COC(=O)c1nc(-c2ccccc2)n(-c2ccccc2)n1. The lowest BCUT2D eigenvalue weighted by Crippen LogP contribution is -2.09. The predicted octanol–water partition coefficient (Wildman–Crippen LogP) is 5.25. The van der Waals surface area contributed by atoms with Crippen LogP contribution in [0.3, 0.4) is 0 Å². The van der Waals surface area contributed by atoms with Gasteiger partial charge in [-0.25, -0.2) is 19.4 Å². The van der Waals surface area contributed by atoms with Gasteiger partial charge in [-0.15, -0.1) is 5.10 Å². The molecule has 0 aliphatic rings. The van der Waals surface area contributed by atoms with Gasteiger partial charge in [0.25, 0.3) is 5.82 Å². The van der Waals surface area contributed by atoms with E-state index in [1.54, 1.807) is 11.6 Å². The number of esters is 1. The minimum atomic E-state index is -0.634. The van der Waals surface area contributed by atoms with Gasteiger partial charge >= 0.3 is 5.97 Å². The monoisotopic (exact) mass is 436 g/mol. The number of benzene rings is 3. The smallest absolute Gasteiger partial charge is 0.378 e. The number of rotatable bonds is 6. The molecule has 0 aliphatic carbocycles. The topological polar surface area (TPSA) is 83.0 Å². The van der Waals surface area contributed by atoms with Crippen LogP contribution in [-0.2, 0) is 11.3 Å². The van der Waals surface area contributed by atoms with Crippen molar-refractivity contribution in [3.05, 3.63) is 108 Å². The van der Waals surface area contributed by atoms with E-state index in [1.165, 1.54) is 0 Å². The third kappa shape index (κ3) is 4.29. The Labute approximate surface area is 190 Å². The second kappa shape index (κ2) is 8.92. The summed E-state index contributed by atoms with van der Waals surface area (Å²) in [5.74, 6) is 0.969. The maximum Gasteiger partial charge on any atom is 0.378 e. The number of ether oxygens (including phenoxy) is 1. The highest BCUT2D eigenvalue weighted by molar-refractivity contribution is 5.86. The van der Waals surface area contributed by atoms with Gasteiger partial charge in [0, 0.05) is 11.1 Å². The molecule has 0 atom stereocenters. The summed E-state index contributed by atoms with van der Waals surface area (Å²) in [6, 6.07) is 28.7. The van der Waals surface area contributed by atoms with Crippen LogP contribution in [0.25, 0.3) is 28.5 Å². The van der Waals surface area contributed by atoms with Gasteiger partial charge in [0.05, 0.1) is 5.69 Å². The molecule has 0 aliphatic heterocycles. The Balaban J connectivity index is 1.39. The van der Waals surface area contributed by atoms with E-state index >= 15 is 0 Å². The summed E-state index contributed by atoms with van der Waals surface area (Å²) in [6.07, 6.45) is 0. The number of aryl methyl sites for hydroxylation is 1. The second-order valence-electron chi connectivity index (χ2n) is 7.34. The van der Waals surface area contributed by atoms with Gasteiger partial charge in [-0.2, -0.15) is 0 Å². The van der Waals surface area contributed by atoms with Gasteiger partial charge in [-0.1, -0.05) is 66.7 Å². The average molecular weight is 436 g/mol. The van der Waals surface area contributed by atoms with Crippen molar-refractivity contribution >= 4 is 5.97 Å². The fraction of sp³-hybridized carbons (Fsp3) is 0.0769. The van der Waals surface area contributed by atoms with E-state index in [9.17, 15) is 4.79 Å². The van der Waals surface area contributed by atoms with Crippen LogP contribution in [0, 0.1) is 6.92 Å². The van der Waals surface area contributed by atoms with E-state index in [0.717, 1.165) is 16.8 Å². The zero-order valence-electron chi connectivity index (χ0n) is 17.9. The maximum absolute atomic E-state index is 12.8. The summed E-state index contributed by atoms with van der Waals surface area (Å²) in [6.45, 7) is 1.75. The highest BCUT2D eigenvalue weighted by Gasteiger charge is 2.21. The summed E-state index contributed by atoms with van der Waals surface area (Å²) in [4.78, 5) is 21.8. The number of carbonyl (C=O) groups excluding carboxylic acids is 1. The van der Waals surface area contributed by atoms with Gasteiger partial charge in [-0.05, 0) is 31.2 Å². The molecule has 0 amide bonds. The second-order valence-corrected chi connectivity index (χ2v) is 7.34. The van der Waals surface area contributed by atoms with Crippen LogP contribution in [0.15, 0.2) is 95.4 Å². The number of hydrogen-bond donors (Lipinski definition) is 0. The first-order valence-corrected chi connectivity index (χ1v) is 10.5. The zero-order valence-corrected chi connectivity index (χ0v) is 17.9. The number of hydrogen-bond acceptors (Lipinski definition) is 6. The van der Waals surface area contributed by atoms with Crippen molar-refractivity contribution in [3.63, 3.8) is 0 Å². The quantitative estimate of drug-likeness (QED) is 0.338. The number of aromatic nitrogens is 4. The lowest BCUT2D eigenvalue weighted by molar-refractivity contribution is 0.0452. The molecular weight excluding hydrogens is 416 g/mol. The minimum absolute atomic E-state index is 0.0258. The van der Waals surface area contributed by atoms with Gasteiger partial charge < -0.3 is 9.15 Å². The van der Waals surface area contributed by atoms with Crippen LogP contribution in [0.2, 0.25) is 0 Å². The molecule has 0 fully saturated rings. The lowest BCUT2D eigenvalue weighted by atomic mass is 10.2. The van der Waals surface area contributed by atoms with Gasteiger partial charge in [0.2, 0.25) is 5.89 Å². The zero-order chi connectivity index (χ0) is 22.6. The van der Waals surface area contributed by atoms with E-state index in [1.807, 2.05) is 91.0 Å². The largest absolute Gasteiger partial charge is 0.453 e. The third-order valence-corrected chi connectivity index (χ3v) is 5.08. The van der Waals surface area contributed by atoms with Crippen molar-refractivity contribution in [1.29, 1.82) is 0 Å². The molecular formula is C26H20N4O3. The molecule has 2 aromatic heterocycles. The highest BCUT2D eigenvalue weighted by atomic mass is 16.5. The maximum atomic E-state index is 12.8. The molecule has 2 heterocycles. The van der Waals surface area contributed by atoms with Crippen molar-refractivity contribution in [3.8, 4) is 28.5 Å². The summed E-state index contributed by atoms with van der Waals surface area (Å²) >= 11 is 0. The third-order valence-electron chi connectivity index (χ3n) is 5.08. The Morgan fingerprint density at radius 1 is 0.848 bits per heavy atom. The van der Waals surface area contributed by atoms with Crippen LogP contribution in [0.1, 0.15) is 22.1 Å². The number of oxazole rings is 1. The van der Waals surface area contributed by atoms with Crippen LogP contribution < -0.4 is 0 Å². The van der Waals surface area contributed by atoms with Gasteiger partial charge in [-0.3, -0.25) is 0 Å². The summed E-state index contributed by atoms with van der Waals surface area (Å²) in [5, 5.41) is 4.43. The van der Waals surface area contributed by atoms with Crippen LogP contribution >= 0.6 is 0 Å². The minimum Gasteiger partial charge on any atom is -0.453 e. The summed E-state index contributed by atoms with van der Waals surface area (Å²) < 4.78 is 12.9. The Hall–Kier alpha value is -4.52. The Kier molecular flexibility index (Phi) is 5.51. The summed E-state index contributed by atoms with van der Waals surface area (Å²) in [7, 11) is 0. The van der Waals surface area contributed by atoms with Crippen molar-refractivity contribution in [2.75, 3.05) is 0 Å². The van der Waals surface area contributed by atoms with Crippen molar-refractivity contribution in [2.24, 2.45) is 0 Å². The van der Waals surface area contributed by atoms with Crippen LogP contribution in [0.4, 0.5) is 0 Å². The van der Waals surface area contributed by atoms with E-state index in [-0.39, 0.29) is 12.4 Å². The standard InChI is InChI=1S/C26H20N4O3/c1-18-22(27-25(33-18)20-13-7-3-8-14-20)17-32-26(31)23-28-24(19-11-5-2-6-12-19)30(29-23)21-15-9-4-10-16-21/h2-16H,17H2,1H3. The van der Waals surface area contributed by atoms with E-state index in [4.69, 9.17) is 9.15 Å². The van der Waals surface area contributed by atoms with Crippen molar-refractivity contribution in [1.82, 2.24) is 19.7 Å². The molecule has 0 N–H and O–H groups in total. The van der Waals surface area contributed by atoms with Crippen LogP contribution in [-0.4, -0.2) is 25.7 Å². The fourth-order valence-electron chi connectivity index (χ4n) is 3.39. The molecule has 0 unspecified atom stereocenters. The molecule has 0 bridgehead atoms. The highest BCUT2D eigenvalue weighted by Crippen LogP contribution is 2.23. The summed E-state index contributed by atoms with van der Waals surface area (Å²) in [5.41, 5.74) is 3.04. The normalized spacial score (nSPS) is 10.8. The number of para-hydroxylation sites is 1. The average Bonchev–Trinajstić information content (AvgIpc) is 3.48. The van der Waals surface area contributed by atoms with E-state index in [2.05, 4.69) is 15.1 Å². The van der Waals surface area contributed by atoms with E-state index in [0.29, 0.717) is 23.2 Å². The molecule has 7 heteroatoms. The first-order valence-electron chi connectivity index (χ1n) is 10.5. The molecule has 5 rings (SSSR count). The van der Waals surface area contributed by atoms with Crippen molar-refractivity contribution < 1.29 is 13.9 Å².